The van der Waals surface area contributed by atoms with Crippen molar-refractivity contribution in [3.63, 3.8) is 0 Å². The van der Waals surface area contributed by atoms with Crippen LogP contribution in [0.3, 0.4) is 0 Å². The Kier molecular flexibility index (Phi) is 7.20. The number of hydrogen-bond acceptors (Lipinski definition) is 1. The summed E-state index contributed by atoms with van der Waals surface area (Å²) < 4.78 is 1.36. The van der Waals surface area contributed by atoms with Gasteiger partial charge in [0.1, 0.15) is 6.33 Å². The van der Waals surface area contributed by atoms with Crippen molar-refractivity contribution in [3.05, 3.63) is 18.7 Å². The van der Waals surface area contributed by atoms with Gasteiger partial charge in [-0.05, 0) is 0 Å². The number of imidazole rings is 1. The van der Waals surface area contributed by atoms with Gasteiger partial charge in [0.2, 0.25) is 0 Å². The zero-order valence-corrected chi connectivity index (χ0v) is 8.89. The van der Waals surface area contributed by atoms with Crippen LogP contribution >= 0.6 is 41.9 Å². The topological polar surface area (TPSA) is 17.8 Å². The number of rotatable bonds is 0. The van der Waals surface area contributed by atoms with Crippen LogP contribution in [0.5, 0.6) is 0 Å². The van der Waals surface area contributed by atoms with E-state index >= 15 is 0 Å². The molecule has 0 aromatic carbocycles. The van der Waals surface area contributed by atoms with Gasteiger partial charge in [-0.25, -0.2) is 39.2 Å². The van der Waals surface area contributed by atoms with E-state index in [0.29, 0.717) is 0 Å². The normalized spacial score (nSPS) is 8.00. The van der Waals surface area contributed by atoms with Crippen LogP contribution in [0.4, 0.5) is 0 Å². The maximum Gasteiger partial charge on any atom is 0.643 e. The summed E-state index contributed by atoms with van der Waals surface area (Å²) in [4.78, 5) is 3.65. The van der Waals surface area contributed by atoms with Crippen molar-refractivity contribution >= 4 is 53.3 Å². The molecule has 0 saturated carbocycles. The maximum atomic E-state index is 5.31. The Bertz CT molecular complexity index is 151. The summed E-state index contributed by atoms with van der Waals surface area (Å²) in [5, 5.41) is 0. The quantitative estimate of drug-likeness (QED) is 0.633. The third kappa shape index (κ3) is 8.90. The summed E-state index contributed by atoms with van der Waals surface area (Å²) in [6.45, 7) is 0. The Morgan fingerprint density at radius 2 is 1.80 bits per heavy atom. The predicted molar refractivity (Wildman–Crippen MR) is 46.8 cm³/mol. The predicted octanol–water partition coefficient (Wildman–Crippen LogP) is 2.57. The van der Waals surface area contributed by atoms with Gasteiger partial charge in [-0.3, -0.25) is 0 Å². The SMILES string of the molecule is Cln1ccnc1.[Cl][Al]([Cl])[Cl]. The lowest BCUT2D eigenvalue weighted by Gasteiger charge is -1.71. The van der Waals surface area contributed by atoms with Gasteiger partial charge in [-0.1, -0.05) is 0 Å². The first-order valence-electron chi connectivity index (χ1n) is 2.19. The largest absolute Gasteiger partial charge is 0.643 e. The molecule has 0 saturated heterocycles. The second-order valence-electron chi connectivity index (χ2n) is 1.15. The van der Waals surface area contributed by atoms with Crippen molar-refractivity contribution < 1.29 is 0 Å². The molecule has 0 bridgehead atoms. The first-order chi connectivity index (χ1) is 4.63. The molecule has 7 heteroatoms. The van der Waals surface area contributed by atoms with Crippen LogP contribution in [0.15, 0.2) is 18.7 Å². The Morgan fingerprint density at radius 3 is 1.90 bits per heavy atom. The van der Waals surface area contributed by atoms with Crippen molar-refractivity contribution in [3.8, 4) is 0 Å². The van der Waals surface area contributed by atoms with E-state index in [1.165, 1.54) is 10.4 Å². The van der Waals surface area contributed by atoms with E-state index in [2.05, 4.69) is 4.98 Å². The third-order valence-corrected chi connectivity index (χ3v) is 0.672. The zero-order chi connectivity index (χ0) is 7.98. The molecule has 0 aliphatic heterocycles. The van der Waals surface area contributed by atoms with Gasteiger partial charge in [0.25, 0.3) is 0 Å². The molecule has 0 unspecified atom stereocenters. The lowest BCUT2D eigenvalue weighted by atomic mass is 11.0. The van der Waals surface area contributed by atoms with E-state index in [4.69, 9.17) is 41.9 Å². The number of aromatic nitrogens is 2. The Hall–Kier alpha value is 0.902. The van der Waals surface area contributed by atoms with Gasteiger partial charge < -0.3 is 0 Å². The molecule has 0 amide bonds. The lowest BCUT2D eigenvalue weighted by molar-refractivity contribution is 1.21. The summed E-state index contributed by atoms with van der Waals surface area (Å²) in [6.07, 6.45) is 4.79. The van der Waals surface area contributed by atoms with Gasteiger partial charge in [-0.15, -0.1) is 0 Å². The minimum atomic E-state index is -1.72. The Morgan fingerprint density at radius 1 is 1.30 bits per heavy atom. The fraction of sp³-hybridized carbons (Fsp3) is 0. The summed E-state index contributed by atoms with van der Waals surface area (Å²) in [5.41, 5.74) is 0. The number of hydrogen-bond donors (Lipinski definition) is 0. The highest BCUT2D eigenvalue weighted by atomic mass is 35.8. The summed E-state index contributed by atoms with van der Waals surface area (Å²) >= 11 is 3.59. The van der Waals surface area contributed by atoms with Crippen LogP contribution in [0.25, 0.3) is 0 Å². The molecule has 0 spiro atoms. The Labute approximate surface area is 80.8 Å². The molecule has 10 heavy (non-hydrogen) atoms. The fourth-order valence-corrected chi connectivity index (χ4v) is 0.344. The molecule has 0 aliphatic carbocycles. The molecule has 1 aromatic rings. The van der Waals surface area contributed by atoms with Crippen molar-refractivity contribution in [2.24, 2.45) is 0 Å². The smallest absolute Gasteiger partial charge is 0.249 e. The Balaban J connectivity index is 0.000000180. The molecular formula is C3H3AlCl4N2. The molecule has 0 N–H and O–H groups in total. The maximum absolute atomic E-state index is 5.31. The molecule has 1 heterocycles. The van der Waals surface area contributed by atoms with E-state index in [9.17, 15) is 0 Å². The molecule has 0 atom stereocenters. The molecule has 1 rings (SSSR count). The minimum Gasteiger partial charge on any atom is -0.249 e. The monoisotopic (exact) mass is 234 g/mol. The standard InChI is InChI=1S/C3H3ClN2.Al.3ClH/c4-6-2-1-5-3-6;;;;/h1-3H;;3*1H/q;+3;;;/p-3. The van der Waals surface area contributed by atoms with Gasteiger partial charge in [0.05, 0.1) is 0 Å². The van der Waals surface area contributed by atoms with Crippen molar-refractivity contribution in [1.82, 2.24) is 9.07 Å². The van der Waals surface area contributed by atoms with Crippen LogP contribution in [0, 0.1) is 0 Å². The fourth-order valence-electron chi connectivity index (χ4n) is 0.243. The second kappa shape index (κ2) is 6.60. The van der Waals surface area contributed by atoms with E-state index < -0.39 is 11.4 Å². The first kappa shape index (κ1) is 10.9. The van der Waals surface area contributed by atoms with Gasteiger partial charge in [-0.2, -0.15) is 0 Å². The first-order valence-corrected chi connectivity index (χ1v) is 7.77. The molecule has 2 nitrogen and oxygen atoms in total. The highest BCUT2D eigenvalue weighted by molar-refractivity contribution is 7.54. The molecule has 0 radical (unpaired) electrons. The van der Waals surface area contributed by atoms with Crippen LogP contribution in [0.2, 0.25) is 0 Å². The van der Waals surface area contributed by atoms with E-state index in [0.717, 1.165) is 0 Å². The highest BCUT2D eigenvalue weighted by Crippen LogP contribution is 1.97. The summed E-state index contributed by atoms with van der Waals surface area (Å²) in [6, 6.07) is 0. The van der Waals surface area contributed by atoms with Crippen molar-refractivity contribution in [2.75, 3.05) is 0 Å². The van der Waals surface area contributed by atoms with Gasteiger partial charge >= 0.3 is 11.4 Å². The van der Waals surface area contributed by atoms with E-state index in [1.807, 2.05) is 0 Å². The minimum absolute atomic E-state index is 1.36. The van der Waals surface area contributed by atoms with Crippen LogP contribution in [0.1, 0.15) is 0 Å². The molecule has 0 aliphatic rings. The third-order valence-electron chi connectivity index (χ3n) is 0.472. The number of halogens is 4. The van der Waals surface area contributed by atoms with Crippen molar-refractivity contribution in [1.29, 1.82) is 0 Å². The number of nitrogens with zero attached hydrogens (tertiary/aromatic N) is 2. The zero-order valence-electron chi connectivity index (χ0n) is 4.72. The molecule has 0 fully saturated rings. The summed E-state index contributed by atoms with van der Waals surface area (Å²) in [7, 11) is 14.8. The van der Waals surface area contributed by atoms with Crippen molar-refractivity contribution in [2.45, 2.75) is 0 Å². The van der Waals surface area contributed by atoms with E-state index in [1.54, 1.807) is 12.4 Å². The average molecular weight is 236 g/mol. The second-order valence-corrected chi connectivity index (χ2v) is 7.98. The van der Waals surface area contributed by atoms with Gasteiger partial charge in [0.15, 0.2) is 0 Å². The molecule has 56 valence electrons. The van der Waals surface area contributed by atoms with Gasteiger partial charge in [0, 0.05) is 24.2 Å². The summed E-state index contributed by atoms with van der Waals surface area (Å²) in [5.74, 6) is 0. The average Bonchev–Trinajstić information content (AvgIpc) is 2.15. The van der Waals surface area contributed by atoms with Crippen LogP contribution in [-0.2, 0) is 0 Å². The lowest BCUT2D eigenvalue weighted by Crippen LogP contribution is -1.66. The molecule has 1 aromatic heterocycles. The van der Waals surface area contributed by atoms with Crippen LogP contribution < -0.4 is 0 Å². The van der Waals surface area contributed by atoms with Crippen LogP contribution in [-0.4, -0.2) is 20.5 Å². The molecular weight excluding hydrogens is 233 g/mol. The highest BCUT2D eigenvalue weighted by Gasteiger charge is 2.00. The van der Waals surface area contributed by atoms with E-state index in [-0.39, 0.29) is 0 Å².